The van der Waals surface area contributed by atoms with Crippen LogP contribution in [0, 0.1) is 0 Å². The third-order valence-corrected chi connectivity index (χ3v) is 12.9. The molecule has 1 N–H and O–H groups in total. The second kappa shape index (κ2) is 47.3. The minimum Gasteiger partial charge on any atom is -0.462 e. The number of rotatable bonds is 50. The van der Waals surface area contributed by atoms with E-state index in [-0.39, 0.29) is 25.6 Å². The van der Waals surface area contributed by atoms with Crippen molar-refractivity contribution in [3.63, 3.8) is 0 Å². The molecular formula is C55H105NO8P+. The number of esters is 2. The smallest absolute Gasteiger partial charge is 0.462 e. The molecule has 10 heteroatoms. The highest BCUT2D eigenvalue weighted by Gasteiger charge is 2.27. The van der Waals surface area contributed by atoms with Gasteiger partial charge in [-0.1, -0.05) is 224 Å². The van der Waals surface area contributed by atoms with Crippen molar-refractivity contribution in [1.82, 2.24) is 0 Å². The van der Waals surface area contributed by atoms with Crippen LogP contribution in [0.15, 0.2) is 36.5 Å². The summed E-state index contributed by atoms with van der Waals surface area (Å²) in [6, 6.07) is 0. The lowest BCUT2D eigenvalue weighted by Gasteiger charge is -2.24. The van der Waals surface area contributed by atoms with Gasteiger partial charge in [0, 0.05) is 12.8 Å². The van der Waals surface area contributed by atoms with Crippen LogP contribution in [0.4, 0.5) is 0 Å². The van der Waals surface area contributed by atoms with Gasteiger partial charge in [-0.25, -0.2) is 4.57 Å². The number of likely N-dealkylation sites (N-methyl/N-ethyl adjacent to an activating group) is 1. The van der Waals surface area contributed by atoms with Gasteiger partial charge in [0.25, 0.3) is 0 Å². The Balaban J connectivity index is 4.08. The molecule has 0 fully saturated rings. The van der Waals surface area contributed by atoms with E-state index in [1.165, 1.54) is 173 Å². The van der Waals surface area contributed by atoms with Crippen molar-refractivity contribution >= 4 is 19.8 Å². The Hall–Kier alpha value is -1.77. The van der Waals surface area contributed by atoms with Crippen LogP contribution in [0.5, 0.6) is 0 Å². The predicted molar refractivity (Wildman–Crippen MR) is 275 cm³/mol. The Bertz CT molecular complexity index is 1200. The number of phosphoric ester groups is 1. The molecule has 65 heavy (non-hydrogen) atoms. The monoisotopic (exact) mass is 939 g/mol. The van der Waals surface area contributed by atoms with Crippen LogP contribution in [0.25, 0.3) is 0 Å². The molecule has 0 aromatic rings. The van der Waals surface area contributed by atoms with Crippen molar-refractivity contribution in [3.8, 4) is 0 Å². The topological polar surface area (TPSA) is 108 Å². The number of nitrogens with zero attached hydrogens (tertiary/aromatic N) is 1. The van der Waals surface area contributed by atoms with Gasteiger partial charge in [-0.15, -0.1) is 0 Å². The molecule has 0 aliphatic heterocycles. The van der Waals surface area contributed by atoms with E-state index in [1.807, 2.05) is 21.1 Å². The standard InChI is InChI=1S/C55H104NO8P/c1-6-8-10-12-14-16-18-20-21-22-23-24-25-26-27-28-29-30-31-32-33-34-35-36-38-40-42-44-46-48-55(58)64-53(52-63-65(59,60)62-50-49-56(3,4)5)51-61-54(57)47-45-43-41-39-37-19-17-15-13-11-9-7-2/h18,20,22-23,25-26,53H,6-17,19,21,24,27-52H2,1-5H3/p+1/b20-18-,23-22-,26-25-. The van der Waals surface area contributed by atoms with Crippen LogP contribution < -0.4 is 0 Å². The first-order chi connectivity index (χ1) is 31.5. The molecule has 0 radical (unpaired) electrons. The van der Waals surface area contributed by atoms with Gasteiger partial charge in [0.1, 0.15) is 19.8 Å². The largest absolute Gasteiger partial charge is 0.472 e. The van der Waals surface area contributed by atoms with Crippen LogP contribution in [0.2, 0.25) is 0 Å². The van der Waals surface area contributed by atoms with Crippen molar-refractivity contribution in [3.05, 3.63) is 36.5 Å². The molecule has 0 spiro atoms. The molecule has 0 amide bonds. The summed E-state index contributed by atoms with van der Waals surface area (Å²) < 4.78 is 34.5. The zero-order chi connectivity index (χ0) is 47.8. The number of ether oxygens (including phenoxy) is 2. The lowest BCUT2D eigenvalue weighted by atomic mass is 10.0. The highest BCUT2D eigenvalue weighted by molar-refractivity contribution is 7.47. The number of hydrogen-bond acceptors (Lipinski definition) is 7. The fourth-order valence-corrected chi connectivity index (χ4v) is 8.41. The number of hydrogen-bond donors (Lipinski definition) is 1. The Morgan fingerprint density at radius 2 is 0.831 bits per heavy atom. The van der Waals surface area contributed by atoms with E-state index in [9.17, 15) is 19.0 Å². The molecule has 382 valence electrons. The number of quaternary nitrogens is 1. The van der Waals surface area contributed by atoms with Gasteiger partial charge < -0.3 is 18.9 Å². The van der Waals surface area contributed by atoms with E-state index in [4.69, 9.17) is 18.5 Å². The zero-order valence-electron chi connectivity index (χ0n) is 43.2. The van der Waals surface area contributed by atoms with Gasteiger partial charge >= 0.3 is 19.8 Å². The fourth-order valence-electron chi connectivity index (χ4n) is 7.67. The summed E-state index contributed by atoms with van der Waals surface area (Å²) in [6.07, 6.45) is 56.4. The number of carbonyl (C=O) groups excluding carboxylic acids is 2. The molecule has 0 bridgehead atoms. The maximum Gasteiger partial charge on any atom is 0.472 e. The van der Waals surface area contributed by atoms with Gasteiger partial charge in [0.05, 0.1) is 27.7 Å². The van der Waals surface area contributed by atoms with Crippen molar-refractivity contribution in [2.24, 2.45) is 0 Å². The summed E-state index contributed by atoms with van der Waals surface area (Å²) in [4.78, 5) is 35.5. The molecule has 2 atom stereocenters. The van der Waals surface area contributed by atoms with Crippen LogP contribution in [0.3, 0.4) is 0 Å². The third-order valence-electron chi connectivity index (χ3n) is 11.9. The van der Waals surface area contributed by atoms with Gasteiger partial charge in [0.2, 0.25) is 0 Å². The van der Waals surface area contributed by atoms with Gasteiger partial charge in [-0.2, -0.15) is 0 Å². The number of phosphoric acid groups is 1. The molecule has 0 aliphatic carbocycles. The Labute approximate surface area is 401 Å². The van der Waals surface area contributed by atoms with E-state index in [2.05, 4.69) is 50.3 Å². The van der Waals surface area contributed by atoms with Crippen LogP contribution in [0.1, 0.15) is 251 Å². The summed E-state index contributed by atoms with van der Waals surface area (Å²) >= 11 is 0. The first kappa shape index (κ1) is 63.2. The highest BCUT2D eigenvalue weighted by atomic mass is 31.2. The minimum atomic E-state index is -4.38. The molecule has 0 aliphatic rings. The number of unbranched alkanes of at least 4 members (excludes halogenated alkanes) is 30. The molecule has 9 nitrogen and oxygen atoms in total. The number of carbonyl (C=O) groups is 2. The van der Waals surface area contributed by atoms with E-state index < -0.39 is 26.5 Å². The maximum atomic E-state index is 12.8. The zero-order valence-corrected chi connectivity index (χ0v) is 44.1. The first-order valence-corrected chi connectivity index (χ1v) is 28.7. The fraction of sp³-hybridized carbons (Fsp3) is 0.855. The molecular weight excluding hydrogens is 834 g/mol. The van der Waals surface area contributed by atoms with Crippen molar-refractivity contribution < 1.29 is 42.1 Å². The molecule has 0 rings (SSSR count). The quantitative estimate of drug-likeness (QED) is 0.0211. The average molecular weight is 939 g/mol. The van der Waals surface area contributed by atoms with Crippen LogP contribution >= 0.6 is 7.82 Å². The van der Waals surface area contributed by atoms with Gasteiger partial charge in [-0.3, -0.25) is 18.6 Å². The lowest BCUT2D eigenvalue weighted by Crippen LogP contribution is -2.37. The summed E-state index contributed by atoms with van der Waals surface area (Å²) in [5.74, 6) is -0.789. The molecule has 0 saturated heterocycles. The van der Waals surface area contributed by atoms with E-state index in [0.717, 1.165) is 44.9 Å². The Kier molecular flexibility index (Phi) is 46.0. The summed E-state index contributed by atoms with van der Waals surface area (Å²) in [7, 11) is 1.49. The normalized spacial score (nSPS) is 13.6. The number of allylic oxidation sites excluding steroid dienone is 6. The Morgan fingerprint density at radius 3 is 1.23 bits per heavy atom. The average Bonchev–Trinajstić information content (AvgIpc) is 3.26. The van der Waals surface area contributed by atoms with Gasteiger partial charge in [-0.05, 0) is 51.4 Å². The Morgan fingerprint density at radius 1 is 0.477 bits per heavy atom. The summed E-state index contributed by atoms with van der Waals surface area (Å²) in [5, 5.41) is 0. The van der Waals surface area contributed by atoms with Crippen LogP contribution in [-0.4, -0.2) is 74.9 Å². The highest BCUT2D eigenvalue weighted by Crippen LogP contribution is 2.43. The van der Waals surface area contributed by atoms with Crippen molar-refractivity contribution in [2.45, 2.75) is 258 Å². The third kappa shape index (κ3) is 51.5. The van der Waals surface area contributed by atoms with Crippen molar-refractivity contribution in [2.75, 3.05) is 47.5 Å². The van der Waals surface area contributed by atoms with E-state index in [0.29, 0.717) is 23.9 Å². The second-order valence-corrected chi connectivity index (χ2v) is 21.1. The van der Waals surface area contributed by atoms with Gasteiger partial charge in [0.15, 0.2) is 6.10 Å². The van der Waals surface area contributed by atoms with E-state index >= 15 is 0 Å². The summed E-state index contributed by atoms with van der Waals surface area (Å²) in [5.41, 5.74) is 0. The summed E-state index contributed by atoms with van der Waals surface area (Å²) in [6.45, 7) is 4.44. The molecule has 0 saturated carbocycles. The molecule has 2 unspecified atom stereocenters. The molecule has 0 aromatic heterocycles. The SMILES string of the molecule is CCCCCCC/C=C\C/C=C\C/C=C\CCCCCCCCCCCCCCCCC(=O)OC(COC(=O)CCCCCCCCCCCCCC)COP(=O)(O)OCC[N+](C)(C)C. The first-order valence-electron chi connectivity index (χ1n) is 27.2. The van der Waals surface area contributed by atoms with Crippen molar-refractivity contribution in [1.29, 1.82) is 0 Å². The predicted octanol–water partition coefficient (Wildman–Crippen LogP) is 16.4. The van der Waals surface area contributed by atoms with Crippen LogP contribution in [-0.2, 0) is 32.7 Å². The minimum absolute atomic E-state index is 0.0334. The second-order valence-electron chi connectivity index (χ2n) is 19.6. The maximum absolute atomic E-state index is 12.8. The lowest BCUT2D eigenvalue weighted by molar-refractivity contribution is -0.870. The van der Waals surface area contributed by atoms with E-state index in [1.54, 1.807) is 0 Å². The molecule has 0 heterocycles. The molecule has 0 aromatic carbocycles.